The third-order valence-corrected chi connectivity index (χ3v) is 6.59. The van der Waals surface area contributed by atoms with E-state index >= 15 is 0 Å². The minimum absolute atomic E-state index is 0.283. The van der Waals surface area contributed by atoms with Gasteiger partial charge >= 0.3 is 0 Å². The molecule has 3 fully saturated rings. The van der Waals surface area contributed by atoms with Crippen LogP contribution in [0.4, 0.5) is 5.82 Å². The van der Waals surface area contributed by atoms with Gasteiger partial charge in [0.2, 0.25) is 0 Å². The van der Waals surface area contributed by atoms with E-state index in [2.05, 4.69) is 34.2 Å². The number of nitrogens with zero attached hydrogens (tertiary/aromatic N) is 5. The predicted molar refractivity (Wildman–Crippen MR) is 124 cm³/mol. The van der Waals surface area contributed by atoms with E-state index in [0.717, 1.165) is 41.7 Å². The van der Waals surface area contributed by atoms with Gasteiger partial charge in [-0.25, -0.2) is 9.50 Å². The second kappa shape index (κ2) is 7.83. The van der Waals surface area contributed by atoms with Crippen LogP contribution in [0.2, 0.25) is 0 Å². The summed E-state index contributed by atoms with van der Waals surface area (Å²) in [7, 11) is 0. The number of hydrogen-bond donors (Lipinski definition) is 1. The molecule has 5 heterocycles. The fourth-order valence-corrected chi connectivity index (χ4v) is 5.32. The fourth-order valence-electron chi connectivity index (χ4n) is 5.32. The number of fused-ring (bicyclic) bond motifs is 3. The summed E-state index contributed by atoms with van der Waals surface area (Å²) in [5.41, 5.74) is 2.69. The Morgan fingerprint density at radius 1 is 1.36 bits per heavy atom. The summed E-state index contributed by atoms with van der Waals surface area (Å²) in [6.45, 7) is 4.52. The summed E-state index contributed by atoms with van der Waals surface area (Å²) in [6.07, 6.45) is 13.2. The molecule has 33 heavy (non-hydrogen) atoms. The van der Waals surface area contributed by atoms with E-state index < -0.39 is 0 Å². The van der Waals surface area contributed by atoms with Crippen molar-refractivity contribution in [3.63, 3.8) is 0 Å². The second-order valence-electron chi connectivity index (χ2n) is 8.91. The fraction of sp³-hybridized carbons (Fsp3) is 0.360. The number of carbonyl (C=O) groups excluding carboxylic acids is 1. The number of ether oxygens (including phenoxy) is 1. The average molecular weight is 441 g/mol. The van der Waals surface area contributed by atoms with Gasteiger partial charge in [0.25, 0.3) is 5.91 Å². The molecule has 1 saturated carbocycles. The predicted octanol–water partition coefficient (Wildman–Crippen LogP) is 2.92. The maximum absolute atomic E-state index is 11.7. The highest BCUT2D eigenvalue weighted by atomic mass is 16.5. The van der Waals surface area contributed by atoms with Gasteiger partial charge in [-0.1, -0.05) is 0 Å². The topological polar surface area (TPSA) is 95.5 Å². The number of piperidine rings is 1. The third kappa shape index (κ3) is 3.54. The highest BCUT2D eigenvalue weighted by molar-refractivity contribution is 5.93. The van der Waals surface area contributed by atoms with Crippen LogP contribution < -0.4 is 15.0 Å². The summed E-state index contributed by atoms with van der Waals surface area (Å²) in [5, 5.41) is 16.8. The smallest absolute Gasteiger partial charge is 0.296 e. The monoisotopic (exact) mass is 440 g/mol. The molecule has 1 aliphatic carbocycles. The second-order valence-corrected chi connectivity index (χ2v) is 8.91. The van der Waals surface area contributed by atoms with Crippen molar-refractivity contribution in [3.8, 4) is 35.3 Å². The van der Waals surface area contributed by atoms with Gasteiger partial charge in [-0.3, -0.25) is 4.79 Å². The van der Waals surface area contributed by atoms with Crippen molar-refractivity contribution in [2.45, 2.75) is 50.7 Å². The number of terminal acetylenes is 1. The van der Waals surface area contributed by atoms with Crippen molar-refractivity contribution in [2.75, 3.05) is 11.5 Å². The lowest BCUT2D eigenvalue weighted by Crippen LogP contribution is -2.69. The van der Waals surface area contributed by atoms with Crippen LogP contribution in [0.1, 0.15) is 38.7 Å². The Bertz CT molecular complexity index is 1300. The number of hydrogen-bond acceptors (Lipinski definition) is 6. The van der Waals surface area contributed by atoms with E-state index in [1.54, 1.807) is 16.9 Å². The van der Waals surface area contributed by atoms with Gasteiger partial charge in [0.15, 0.2) is 0 Å². The summed E-state index contributed by atoms with van der Waals surface area (Å²) in [6, 6.07) is 8.82. The first-order valence-corrected chi connectivity index (χ1v) is 11.0. The molecular weight excluding hydrogens is 416 g/mol. The molecule has 2 aliphatic heterocycles. The number of carbonyl (C=O) groups is 1. The molecular formula is C25H24N6O2. The minimum atomic E-state index is -0.356. The van der Waals surface area contributed by atoms with Crippen molar-refractivity contribution < 1.29 is 9.53 Å². The number of anilines is 1. The van der Waals surface area contributed by atoms with Gasteiger partial charge < -0.3 is 15.0 Å². The van der Waals surface area contributed by atoms with Crippen LogP contribution in [0.3, 0.4) is 0 Å². The SMILES string of the molecule is C#CC(=O)NC1(C)CC2CC(C1)N2c1ccc(-c2cc(OCC)cn3ncc(C#N)c23)cn1. The number of pyridine rings is 2. The maximum atomic E-state index is 11.7. The molecule has 8 heteroatoms. The van der Waals surface area contributed by atoms with Crippen LogP contribution in [-0.2, 0) is 4.79 Å². The third-order valence-electron chi connectivity index (χ3n) is 6.59. The van der Waals surface area contributed by atoms with E-state index in [9.17, 15) is 10.1 Å². The Morgan fingerprint density at radius 3 is 2.79 bits per heavy atom. The molecule has 0 spiro atoms. The van der Waals surface area contributed by atoms with Crippen molar-refractivity contribution in [2.24, 2.45) is 0 Å². The van der Waals surface area contributed by atoms with Gasteiger partial charge in [0.05, 0.1) is 30.1 Å². The van der Waals surface area contributed by atoms with E-state index in [-0.39, 0.29) is 11.4 Å². The molecule has 2 unspecified atom stereocenters. The molecule has 0 aromatic carbocycles. The van der Waals surface area contributed by atoms with Crippen molar-refractivity contribution in [1.82, 2.24) is 19.9 Å². The van der Waals surface area contributed by atoms with Gasteiger partial charge in [0, 0.05) is 34.9 Å². The van der Waals surface area contributed by atoms with Crippen LogP contribution in [0.15, 0.2) is 36.8 Å². The first-order chi connectivity index (χ1) is 15.9. The van der Waals surface area contributed by atoms with Crippen LogP contribution in [0.25, 0.3) is 16.6 Å². The van der Waals surface area contributed by atoms with Gasteiger partial charge in [-0.2, -0.15) is 10.4 Å². The summed E-state index contributed by atoms with van der Waals surface area (Å²) in [5.74, 6) is 3.39. The molecule has 1 amide bonds. The van der Waals surface area contributed by atoms with E-state index in [1.807, 2.05) is 31.3 Å². The Balaban J connectivity index is 1.42. The lowest BCUT2D eigenvalue weighted by atomic mass is 9.69. The molecule has 2 atom stereocenters. The quantitative estimate of drug-likeness (QED) is 0.613. The number of amides is 1. The molecule has 166 valence electrons. The van der Waals surface area contributed by atoms with E-state index in [4.69, 9.17) is 16.1 Å². The van der Waals surface area contributed by atoms with Crippen LogP contribution >= 0.6 is 0 Å². The molecule has 3 aromatic heterocycles. The number of rotatable bonds is 5. The summed E-state index contributed by atoms with van der Waals surface area (Å²) >= 11 is 0. The lowest BCUT2D eigenvalue weighted by Gasteiger charge is -2.59. The van der Waals surface area contributed by atoms with Crippen LogP contribution in [0, 0.1) is 23.7 Å². The van der Waals surface area contributed by atoms with Crippen molar-refractivity contribution >= 4 is 17.2 Å². The molecule has 2 saturated heterocycles. The highest BCUT2D eigenvalue weighted by Gasteiger charge is 2.51. The van der Waals surface area contributed by atoms with E-state index in [0.29, 0.717) is 30.0 Å². The van der Waals surface area contributed by atoms with E-state index in [1.165, 1.54) is 0 Å². The number of aromatic nitrogens is 3. The average Bonchev–Trinajstić information content (AvgIpc) is 3.22. The molecule has 0 radical (unpaired) electrons. The van der Waals surface area contributed by atoms with Gasteiger partial charge in [-0.05, 0) is 57.2 Å². The van der Waals surface area contributed by atoms with Gasteiger partial charge in [-0.15, -0.1) is 6.42 Å². The Hall–Kier alpha value is -4.04. The summed E-state index contributed by atoms with van der Waals surface area (Å²) < 4.78 is 7.38. The maximum Gasteiger partial charge on any atom is 0.296 e. The molecule has 2 bridgehead atoms. The van der Waals surface area contributed by atoms with Gasteiger partial charge in [0.1, 0.15) is 17.6 Å². The Labute approximate surface area is 192 Å². The molecule has 6 rings (SSSR count). The standard InChI is InChI=1S/C25H24N6O2/c1-4-23(32)29-25(3)10-18-8-19(11-25)31(18)22-7-6-16(13-27-22)21-9-20(33-5-2)15-30-24(21)17(12-26)14-28-30/h1,6-7,9,13-15,18-19H,5,8,10-11H2,2-3H3,(H,29,32). The first kappa shape index (κ1) is 20.8. The molecule has 1 N–H and O–H groups in total. The normalized spacial score (nSPS) is 23.3. The van der Waals surface area contributed by atoms with Crippen LogP contribution in [0.5, 0.6) is 5.75 Å². The zero-order chi connectivity index (χ0) is 23.2. The minimum Gasteiger partial charge on any atom is -0.492 e. The van der Waals surface area contributed by atoms with Crippen molar-refractivity contribution in [3.05, 3.63) is 42.4 Å². The zero-order valence-corrected chi connectivity index (χ0v) is 18.6. The zero-order valence-electron chi connectivity index (χ0n) is 18.6. The van der Waals surface area contributed by atoms with Crippen LogP contribution in [-0.4, -0.2) is 44.7 Å². The largest absolute Gasteiger partial charge is 0.492 e. The number of nitriles is 1. The lowest BCUT2D eigenvalue weighted by molar-refractivity contribution is -0.118. The molecule has 8 nitrogen and oxygen atoms in total. The molecule has 3 aliphatic rings. The number of nitrogens with one attached hydrogen (secondary N) is 1. The molecule has 3 aromatic rings. The van der Waals surface area contributed by atoms with Crippen molar-refractivity contribution in [1.29, 1.82) is 5.26 Å². The summed E-state index contributed by atoms with van der Waals surface area (Å²) in [4.78, 5) is 18.8. The first-order valence-electron chi connectivity index (χ1n) is 11.0. The Kier molecular flexibility index (Phi) is 4.94. The highest BCUT2D eigenvalue weighted by Crippen LogP contribution is 2.45. The Morgan fingerprint density at radius 2 is 2.15 bits per heavy atom.